The Balaban J connectivity index is 0.00000225. The first-order chi connectivity index (χ1) is 7.15. The van der Waals surface area contributed by atoms with Gasteiger partial charge in [0.25, 0.3) is 5.91 Å². The summed E-state index contributed by atoms with van der Waals surface area (Å²) in [7, 11) is 1.80. The molecule has 1 aromatic carbocycles. The van der Waals surface area contributed by atoms with Gasteiger partial charge in [-0.25, -0.2) is 4.39 Å². The van der Waals surface area contributed by atoms with Gasteiger partial charge in [-0.05, 0) is 47.8 Å². The lowest BCUT2D eigenvalue weighted by Gasteiger charge is -2.06. The maximum Gasteiger partial charge on any atom is 0.252 e. The van der Waals surface area contributed by atoms with Crippen molar-refractivity contribution in [1.29, 1.82) is 0 Å². The van der Waals surface area contributed by atoms with Crippen LogP contribution in [0.25, 0.3) is 0 Å². The number of amides is 1. The summed E-state index contributed by atoms with van der Waals surface area (Å²) in [6.07, 6.45) is 0. The second kappa shape index (κ2) is 7.81. The fourth-order valence-electron chi connectivity index (χ4n) is 1.07. The van der Waals surface area contributed by atoms with Crippen LogP contribution in [0.3, 0.4) is 0 Å². The normalized spacial score (nSPS) is 9.44. The van der Waals surface area contributed by atoms with Gasteiger partial charge < -0.3 is 10.6 Å². The molecule has 90 valence electrons. The predicted octanol–water partition coefficient (Wildman–Crippen LogP) is 1.80. The molecule has 1 aromatic rings. The van der Waals surface area contributed by atoms with Crippen LogP contribution in [0, 0.1) is 9.39 Å². The molecule has 0 saturated carbocycles. The Morgan fingerprint density at radius 2 is 2.12 bits per heavy atom. The molecule has 0 aliphatic heterocycles. The smallest absolute Gasteiger partial charge is 0.252 e. The van der Waals surface area contributed by atoms with Gasteiger partial charge in [0.2, 0.25) is 0 Å². The van der Waals surface area contributed by atoms with Crippen LogP contribution < -0.4 is 10.6 Å². The van der Waals surface area contributed by atoms with E-state index in [1.807, 2.05) is 22.6 Å². The first-order valence-electron chi connectivity index (χ1n) is 4.53. The zero-order valence-corrected chi connectivity index (χ0v) is 11.7. The quantitative estimate of drug-likeness (QED) is 0.637. The van der Waals surface area contributed by atoms with E-state index in [1.54, 1.807) is 13.1 Å². The van der Waals surface area contributed by atoms with E-state index in [1.165, 1.54) is 12.1 Å². The molecule has 0 unspecified atom stereocenters. The van der Waals surface area contributed by atoms with Gasteiger partial charge in [0.15, 0.2) is 0 Å². The summed E-state index contributed by atoms with van der Waals surface area (Å²) in [5, 5.41) is 5.60. The third-order valence-corrected chi connectivity index (χ3v) is 2.77. The lowest BCUT2D eigenvalue weighted by molar-refractivity contribution is 0.0953. The molecule has 0 fully saturated rings. The Bertz CT molecular complexity index is 363. The number of carbonyl (C=O) groups is 1. The second-order valence-electron chi connectivity index (χ2n) is 2.98. The lowest BCUT2D eigenvalue weighted by Crippen LogP contribution is -2.30. The highest BCUT2D eigenvalue weighted by molar-refractivity contribution is 14.1. The van der Waals surface area contributed by atoms with E-state index in [-0.39, 0.29) is 18.3 Å². The van der Waals surface area contributed by atoms with E-state index in [4.69, 9.17) is 0 Å². The van der Waals surface area contributed by atoms with Crippen LogP contribution in [0.2, 0.25) is 0 Å². The van der Waals surface area contributed by atoms with Crippen molar-refractivity contribution >= 4 is 40.9 Å². The van der Waals surface area contributed by atoms with Crippen molar-refractivity contribution in [2.24, 2.45) is 0 Å². The molecule has 0 heterocycles. The first kappa shape index (κ1) is 15.6. The van der Waals surface area contributed by atoms with Gasteiger partial charge >= 0.3 is 0 Å². The van der Waals surface area contributed by atoms with E-state index in [9.17, 15) is 9.18 Å². The molecule has 0 atom stereocenters. The molecule has 0 bridgehead atoms. The molecule has 0 aliphatic carbocycles. The van der Waals surface area contributed by atoms with E-state index < -0.39 is 5.82 Å². The Kier molecular flexibility index (Phi) is 7.61. The average Bonchev–Trinajstić information content (AvgIpc) is 2.22. The van der Waals surface area contributed by atoms with Crippen molar-refractivity contribution in [3.63, 3.8) is 0 Å². The summed E-state index contributed by atoms with van der Waals surface area (Å²) in [5.41, 5.74) is 0.381. The van der Waals surface area contributed by atoms with Crippen LogP contribution in [0.15, 0.2) is 18.2 Å². The van der Waals surface area contributed by atoms with Crippen molar-refractivity contribution in [2.75, 3.05) is 20.1 Å². The van der Waals surface area contributed by atoms with Crippen LogP contribution in [-0.4, -0.2) is 26.0 Å². The fraction of sp³-hybridized carbons (Fsp3) is 0.300. The molecule has 1 amide bonds. The van der Waals surface area contributed by atoms with E-state index in [0.29, 0.717) is 18.7 Å². The lowest BCUT2D eigenvalue weighted by atomic mass is 10.2. The van der Waals surface area contributed by atoms with Gasteiger partial charge in [-0.1, -0.05) is 0 Å². The minimum Gasteiger partial charge on any atom is -0.351 e. The number of halogens is 3. The number of likely N-dealkylation sites (N-methyl/N-ethyl adjacent to an activating group) is 1. The van der Waals surface area contributed by atoms with E-state index >= 15 is 0 Å². The Morgan fingerprint density at radius 3 is 2.75 bits per heavy atom. The molecule has 3 nitrogen and oxygen atoms in total. The minimum atomic E-state index is -0.394. The Labute approximate surface area is 114 Å². The monoisotopic (exact) mass is 358 g/mol. The van der Waals surface area contributed by atoms with Gasteiger partial charge in [-0.3, -0.25) is 4.79 Å². The predicted molar refractivity (Wildman–Crippen MR) is 72.6 cm³/mol. The maximum absolute atomic E-state index is 12.9. The number of carbonyl (C=O) groups excluding carboxylic acids is 1. The number of nitrogens with one attached hydrogen (secondary N) is 2. The molecular weight excluding hydrogens is 345 g/mol. The zero-order valence-electron chi connectivity index (χ0n) is 8.72. The Morgan fingerprint density at radius 1 is 1.44 bits per heavy atom. The molecule has 0 saturated heterocycles. The van der Waals surface area contributed by atoms with Gasteiger partial charge in [0, 0.05) is 16.7 Å². The summed E-state index contributed by atoms with van der Waals surface area (Å²) < 4.78 is 13.6. The zero-order chi connectivity index (χ0) is 11.3. The number of hydrogen-bond donors (Lipinski definition) is 2. The average molecular weight is 359 g/mol. The maximum atomic E-state index is 12.9. The molecule has 0 aliphatic rings. The van der Waals surface area contributed by atoms with Crippen molar-refractivity contribution in [1.82, 2.24) is 10.6 Å². The summed E-state index contributed by atoms with van der Waals surface area (Å²) in [6, 6.07) is 4.17. The van der Waals surface area contributed by atoms with Crippen LogP contribution in [-0.2, 0) is 0 Å². The van der Waals surface area contributed by atoms with Crippen molar-refractivity contribution in [2.45, 2.75) is 0 Å². The van der Waals surface area contributed by atoms with Crippen LogP contribution in [0.5, 0.6) is 0 Å². The molecule has 0 aromatic heterocycles. The highest BCUT2D eigenvalue weighted by atomic mass is 127. The summed E-state index contributed by atoms with van der Waals surface area (Å²) in [6.45, 7) is 1.22. The number of hydrogen-bond acceptors (Lipinski definition) is 2. The second-order valence-corrected chi connectivity index (χ2v) is 4.15. The number of benzene rings is 1. The molecule has 6 heteroatoms. The fourth-order valence-corrected chi connectivity index (χ4v) is 1.65. The summed E-state index contributed by atoms with van der Waals surface area (Å²) >= 11 is 2.01. The molecule has 2 N–H and O–H groups in total. The van der Waals surface area contributed by atoms with Crippen LogP contribution >= 0.6 is 35.0 Å². The van der Waals surface area contributed by atoms with Crippen LogP contribution in [0.1, 0.15) is 10.4 Å². The Hall–Kier alpha value is -0.400. The third-order valence-electron chi connectivity index (χ3n) is 1.83. The first-order valence-corrected chi connectivity index (χ1v) is 5.61. The van der Waals surface area contributed by atoms with Gasteiger partial charge in [0.05, 0.1) is 5.56 Å². The van der Waals surface area contributed by atoms with Gasteiger partial charge in [-0.2, -0.15) is 0 Å². The third kappa shape index (κ3) is 4.63. The summed E-state index contributed by atoms with van der Waals surface area (Å²) in [4.78, 5) is 11.6. The molecule has 16 heavy (non-hydrogen) atoms. The SMILES string of the molecule is CNCCNC(=O)c1cc(F)ccc1I.Cl. The van der Waals surface area contributed by atoms with E-state index in [0.717, 1.165) is 3.57 Å². The van der Waals surface area contributed by atoms with Crippen molar-refractivity contribution in [3.05, 3.63) is 33.1 Å². The number of rotatable bonds is 4. The highest BCUT2D eigenvalue weighted by Gasteiger charge is 2.09. The molecule has 0 spiro atoms. The van der Waals surface area contributed by atoms with Crippen LogP contribution in [0.4, 0.5) is 4.39 Å². The van der Waals surface area contributed by atoms with Gasteiger partial charge in [-0.15, -0.1) is 12.4 Å². The van der Waals surface area contributed by atoms with E-state index in [2.05, 4.69) is 10.6 Å². The van der Waals surface area contributed by atoms with Crippen molar-refractivity contribution in [3.8, 4) is 0 Å². The van der Waals surface area contributed by atoms with Gasteiger partial charge in [0.1, 0.15) is 5.82 Å². The largest absolute Gasteiger partial charge is 0.351 e. The minimum absolute atomic E-state index is 0. The van der Waals surface area contributed by atoms with Crippen molar-refractivity contribution < 1.29 is 9.18 Å². The molecule has 1 rings (SSSR count). The topological polar surface area (TPSA) is 41.1 Å². The molecular formula is C10H13ClFIN2O. The standard InChI is InChI=1S/C10H12FIN2O.ClH/c1-13-4-5-14-10(15)8-6-7(11)2-3-9(8)12;/h2-3,6,13H,4-5H2,1H3,(H,14,15);1H. The highest BCUT2D eigenvalue weighted by Crippen LogP contribution is 2.13. The summed E-state index contributed by atoms with van der Waals surface area (Å²) in [5.74, 6) is -0.636. The molecule has 0 radical (unpaired) electrons.